The molecule has 0 amide bonds. The zero-order chi connectivity index (χ0) is 15.5. The molecule has 0 unspecified atom stereocenters. The van der Waals surface area contributed by atoms with Gasteiger partial charge in [0.25, 0.3) is 0 Å². The van der Waals surface area contributed by atoms with E-state index in [9.17, 15) is 18.0 Å². The SMILES string of the molecule is CCC(=O)c1ccc(C(F)(F)F)nc1Nc1ccccc1. The molecule has 2 aromatic rings. The van der Waals surface area contributed by atoms with E-state index in [0.717, 1.165) is 12.1 Å². The number of Topliss-reactive ketones (excluding diaryl/α,β-unsaturated/α-hetero) is 1. The van der Waals surface area contributed by atoms with E-state index in [0.29, 0.717) is 5.69 Å². The maximum Gasteiger partial charge on any atom is 0.433 e. The number of ketones is 1. The highest BCUT2D eigenvalue weighted by molar-refractivity contribution is 6.00. The number of anilines is 2. The van der Waals surface area contributed by atoms with Crippen LogP contribution in [0, 0.1) is 0 Å². The fourth-order valence-electron chi connectivity index (χ4n) is 1.79. The summed E-state index contributed by atoms with van der Waals surface area (Å²) in [5, 5.41) is 2.77. The average Bonchev–Trinajstić information content (AvgIpc) is 2.46. The fourth-order valence-corrected chi connectivity index (χ4v) is 1.79. The molecule has 0 saturated carbocycles. The summed E-state index contributed by atoms with van der Waals surface area (Å²) >= 11 is 0. The fraction of sp³-hybridized carbons (Fsp3) is 0.200. The monoisotopic (exact) mass is 294 g/mol. The first-order valence-corrected chi connectivity index (χ1v) is 6.35. The number of pyridine rings is 1. The summed E-state index contributed by atoms with van der Waals surface area (Å²) in [6.07, 6.45) is -4.36. The molecule has 0 radical (unpaired) electrons. The summed E-state index contributed by atoms with van der Waals surface area (Å²) in [7, 11) is 0. The van der Waals surface area contributed by atoms with E-state index < -0.39 is 11.9 Å². The quantitative estimate of drug-likeness (QED) is 0.848. The number of rotatable bonds is 4. The number of nitrogens with one attached hydrogen (secondary N) is 1. The molecule has 1 aromatic carbocycles. The van der Waals surface area contributed by atoms with Gasteiger partial charge >= 0.3 is 6.18 Å². The lowest BCUT2D eigenvalue weighted by molar-refractivity contribution is -0.141. The third-order valence-corrected chi connectivity index (χ3v) is 2.84. The Kier molecular flexibility index (Phi) is 4.26. The van der Waals surface area contributed by atoms with Crippen molar-refractivity contribution in [3.8, 4) is 0 Å². The van der Waals surface area contributed by atoms with Crippen LogP contribution in [0.25, 0.3) is 0 Å². The van der Waals surface area contributed by atoms with Crippen LogP contribution in [-0.4, -0.2) is 10.8 Å². The van der Waals surface area contributed by atoms with Crippen LogP contribution in [0.1, 0.15) is 29.4 Å². The van der Waals surface area contributed by atoms with Gasteiger partial charge in [-0.1, -0.05) is 25.1 Å². The molecule has 0 saturated heterocycles. The van der Waals surface area contributed by atoms with Crippen LogP contribution >= 0.6 is 0 Å². The van der Waals surface area contributed by atoms with Crippen molar-refractivity contribution in [3.63, 3.8) is 0 Å². The highest BCUT2D eigenvalue weighted by atomic mass is 19.4. The van der Waals surface area contributed by atoms with Crippen LogP contribution in [-0.2, 0) is 6.18 Å². The van der Waals surface area contributed by atoms with Crippen LogP contribution in [0.2, 0.25) is 0 Å². The minimum atomic E-state index is -4.55. The zero-order valence-electron chi connectivity index (χ0n) is 11.2. The summed E-state index contributed by atoms with van der Waals surface area (Å²) in [4.78, 5) is 15.4. The van der Waals surface area contributed by atoms with Crippen LogP contribution in [0.15, 0.2) is 42.5 Å². The lowest BCUT2D eigenvalue weighted by Gasteiger charge is -2.13. The highest BCUT2D eigenvalue weighted by Gasteiger charge is 2.33. The van der Waals surface area contributed by atoms with E-state index in [2.05, 4.69) is 10.3 Å². The third-order valence-electron chi connectivity index (χ3n) is 2.84. The standard InChI is InChI=1S/C15H13F3N2O/c1-2-12(21)11-8-9-13(15(16,17)18)20-14(11)19-10-6-4-3-5-7-10/h3-9H,2H2,1H3,(H,19,20). The highest BCUT2D eigenvalue weighted by Crippen LogP contribution is 2.30. The van der Waals surface area contributed by atoms with Crippen molar-refractivity contribution in [2.45, 2.75) is 19.5 Å². The number of carbonyl (C=O) groups is 1. The lowest BCUT2D eigenvalue weighted by atomic mass is 10.1. The first kappa shape index (κ1) is 15.0. The van der Waals surface area contributed by atoms with Crippen molar-refractivity contribution < 1.29 is 18.0 Å². The Labute approximate surface area is 119 Å². The summed E-state index contributed by atoms with van der Waals surface area (Å²) in [5.74, 6) is -0.350. The van der Waals surface area contributed by atoms with E-state index in [1.54, 1.807) is 37.3 Å². The Bertz CT molecular complexity index is 639. The number of carbonyl (C=O) groups excluding carboxylic acids is 1. The molecular weight excluding hydrogens is 281 g/mol. The van der Waals surface area contributed by atoms with Crippen LogP contribution in [0.3, 0.4) is 0 Å². The van der Waals surface area contributed by atoms with E-state index in [4.69, 9.17) is 0 Å². The van der Waals surface area contributed by atoms with Crippen molar-refractivity contribution in [1.29, 1.82) is 0 Å². The van der Waals surface area contributed by atoms with Crippen molar-refractivity contribution in [1.82, 2.24) is 4.98 Å². The molecule has 6 heteroatoms. The second-order valence-corrected chi connectivity index (χ2v) is 4.36. The molecule has 1 N–H and O–H groups in total. The summed E-state index contributed by atoms with van der Waals surface area (Å²) in [6.45, 7) is 1.65. The first-order valence-electron chi connectivity index (χ1n) is 6.35. The van der Waals surface area contributed by atoms with Crippen molar-refractivity contribution in [3.05, 3.63) is 53.7 Å². The average molecular weight is 294 g/mol. The van der Waals surface area contributed by atoms with Crippen molar-refractivity contribution in [2.24, 2.45) is 0 Å². The van der Waals surface area contributed by atoms with Gasteiger partial charge in [0.05, 0.1) is 5.56 Å². The molecule has 0 aliphatic rings. The molecule has 2 rings (SSSR count). The molecule has 0 aliphatic carbocycles. The number of hydrogen-bond donors (Lipinski definition) is 1. The molecule has 0 fully saturated rings. The Morgan fingerprint density at radius 2 is 1.81 bits per heavy atom. The van der Waals surface area contributed by atoms with Gasteiger partial charge in [0.15, 0.2) is 5.78 Å². The smallest absolute Gasteiger partial charge is 0.340 e. The maximum atomic E-state index is 12.7. The van der Waals surface area contributed by atoms with Gasteiger partial charge in [0.2, 0.25) is 0 Å². The lowest BCUT2D eigenvalue weighted by Crippen LogP contribution is -2.12. The van der Waals surface area contributed by atoms with Gasteiger partial charge in [-0.3, -0.25) is 4.79 Å². The van der Waals surface area contributed by atoms with Gasteiger partial charge in [-0.25, -0.2) is 4.98 Å². The Hall–Kier alpha value is -2.37. The number of alkyl halides is 3. The number of nitrogens with zero attached hydrogens (tertiary/aromatic N) is 1. The van der Waals surface area contributed by atoms with Gasteiger partial charge in [0, 0.05) is 12.1 Å². The zero-order valence-corrected chi connectivity index (χ0v) is 11.2. The molecular formula is C15H13F3N2O. The summed E-state index contributed by atoms with van der Waals surface area (Å²) in [5.41, 5.74) is -0.322. The molecule has 3 nitrogen and oxygen atoms in total. The Morgan fingerprint density at radius 1 is 1.14 bits per heavy atom. The van der Waals surface area contributed by atoms with Crippen molar-refractivity contribution in [2.75, 3.05) is 5.32 Å². The maximum absolute atomic E-state index is 12.7. The normalized spacial score (nSPS) is 11.2. The van der Waals surface area contributed by atoms with E-state index in [1.807, 2.05) is 0 Å². The Morgan fingerprint density at radius 3 is 2.38 bits per heavy atom. The largest absolute Gasteiger partial charge is 0.433 e. The molecule has 1 heterocycles. The molecule has 1 aromatic heterocycles. The van der Waals surface area contributed by atoms with E-state index in [-0.39, 0.29) is 23.6 Å². The number of benzene rings is 1. The van der Waals surface area contributed by atoms with Crippen LogP contribution in [0.5, 0.6) is 0 Å². The van der Waals surface area contributed by atoms with E-state index >= 15 is 0 Å². The number of para-hydroxylation sites is 1. The predicted octanol–water partition coefficient (Wildman–Crippen LogP) is 4.44. The Balaban J connectivity index is 2.46. The first-order chi connectivity index (χ1) is 9.91. The topological polar surface area (TPSA) is 42.0 Å². The summed E-state index contributed by atoms with van der Waals surface area (Å²) in [6, 6.07) is 10.6. The van der Waals surface area contributed by atoms with Gasteiger partial charge in [-0.15, -0.1) is 0 Å². The molecule has 0 bridgehead atoms. The third kappa shape index (κ3) is 3.59. The number of aromatic nitrogens is 1. The summed E-state index contributed by atoms with van der Waals surface area (Å²) < 4.78 is 38.2. The minimum absolute atomic E-state index is 0.0807. The molecule has 21 heavy (non-hydrogen) atoms. The molecule has 110 valence electrons. The number of hydrogen-bond acceptors (Lipinski definition) is 3. The second-order valence-electron chi connectivity index (χ2n) is 4.36. The van der Waals surface area contributed by atoms with Gasteiger partial charge < -0.3 is 5.32 Å². The van der Waals surface area contributed by atoms with Crippen LogP contribution < -0.4 is 5.32 Å². The molecule has 0 aliphatic heterocycles. The number of halogens is 3. The predicted molar refractivity (Wildman–Crippen MR) is 73.6 cm³/mol. The second kappa shape index (κ2) is 5.95. The molecule has 0 spiro atoms. The minimum Gasteiger partial charge on any atom is -0.340 e. The van der Waals surface area contributed by atoms with E-state index in [1.165, 1.54) is 0 Å². The van der Waals surface area contributed by atoms with Crippen LogP contribution in [0.4, 0.5) is 24.7 Å². The molecule has 0 atom stereocenters. The van der Waals surface area contributed by atoms with Gasteiger partial charge in [-0.2, -0.15) is 13.2 Å². The van der Waals surface area contributed by atoms with Gasteiger partial charge in [-0.05, 0) is 24.3 Å². The van der Waals surface area contributed by atoms with Gasteiger partial charge in [0.1, 0.15) is 11.5 Å². The van der Waals surface area contributed by atoms with Crippen molar-refractivity contribution >= 4 is 17.3 Å².